The monoisotopic (exact) mass is 381 g/mol. The zero-order valence-corrected chi connectivity index (χ0v) is 15.4. The van der Waals surface area contributed by atoms with Crippen molar-refractivity contribution in [2.75, 3.05) is 44.3 Å². The molecule has 2 saturated heterocycles. The van der Waals surface area contributed by atoms with E-state index in [1.54, 1.807) is 4.90 Å². The number of nitrogens with zero attached hydrogens (tertiary/aromatic N) is 2. The van der Waals surface area contributed by atoms with E-state index in [-0.39, 0.29) is 11.9 Å². The molecule has 0 spiro atoms. The smallest absolute Gasteiger partial charge is 0.317 e. The van der Waals surface area contributed by atoms with Gasteiger partial charge in [0.05, 0.1) is 19.1 Å². The van der Waals surface area contributed by atoms with E-state index in [1.165, 1.54) is 0 Å². The third-order valence-electron chi connectivity index (χ3n) is 4.95. The molecule has 0 radical (unpaired) electrons. The second-order valence-electron chi connectivity index (χ2n) is 6.63. The molecule has 0 atom stereocenters. The van der Waals surface area contributed by atoms with Crippen molar-refractivity contribution >= 4 is 29.3 Å². The molecular weight excluding hydrogens is 358 g/mol. The molecule has 0 aliphatic carbocycles. The summed E-state index contributed by atoms with van der Waals surface area (Å²) in [5.74, 6) is -1.13. The van der Waals surface area contributed by atoms with Gasteiger partial charge in [-0.05, 0) is 36.6 Å². The lowest BCUT2D eigenvalue weighted by atomic mass is 9.97. The Kier molecular flexibility index (Phi) is 6.21. The summed E-state index contributed by atoms with van der Waals surface area (Å²) >= 11 is 6.14. The zero-order chi connectivity index (χ0) is 18.5. The lowest BCUT2D eigenvalue weighted by Gasteiger charge is -2.32. The van der Waals surface area contributed by atoms with Crippen molar-refractivity contribution in [3.8, 4) is 0 Å². The van der Waals surface area contributed by atoms with Crippen LogP contribution in [-0.4, -0.2) is 61.4 Å². The van der Waals surface area contributed by atoms with Crippen LogP contribution in [0.1, 0.15) is 18.4 Å². The summed E-state index contributed by atoms with van der Waals surface area (Å²) < 4.78 is 5.40. The lowest BCUT2D eigenvalue weighted by Crippen LogP contribution is -2.45. The number of anilines is 1. The quantitative estimate of drug-likeness (QED) is 0.835. The number of carbonyl (C=O) groups is 2. The maximum Gasteiger partial charge on any atom is 0.317 e. The molecule has 1 aromatic carbocycles. The minimum atomic E-state index is -0.779. The van der Waals surface area contributed by atoms with Gasteiger partial charge in [0.2, 0.25) is 0 Å². The summed E-state index contributed by atoms with van der Waals surface area (Å²) in [6, 6.07) is 5.55. The fourth-order valence-electron chi connectivity index (χ4n) is 3.42. The molecular formula is C18H24ClN3O4. The van der Waals surface area contributed by atoms with Crippen LogP contribution in [0.5, 0.6) is 0 Å². The Labute approximate surface area is 157 Å². The number of benzene rings is 1. The van der Waals surface area contributed by atoms with Gasteiger partial charge in [0.15, 0.2) is 0 Å². The average Bonchev–Trinajstić information content (AvgIpc) is 2.67. The van der Waals surface area contributed by atoms with Crippen LogP contribution in [0.2, 0.25) is 5.02 Å². The van der Waals surface area contributed by atoms with Crippen LogP contribution in [0.4, 0.5) is 10.5 Å². The number of nitrogens with one attached hydrogen (secondary N) is 1. The minimum absolute atomic E-state index is 0.165. The Morgan fingerprint density at radius 1 is 1.19 bits per heavy atom. The fourth-order valence-corrected chi connectivity index (χ4v) is 3.62. The lowest BCUT2D eigenvalue weighted by molar-refractivity contribution is -0.143. The molecule has 26 heavy (non-hydrogen) atoms. The number of hydrogen-bond acceptors (Lipinski definition) is 4. The summed E-state index contributed by atoms with van der Waals surface area (Å²) in [6.07, 6.45) is 0.998. The summed E-state index contributed by atoms with van der Waals surface area (Å²) in [5.41, 5.74) is 2.02. The molecule has 2 amide bonds. The van der Waals surface area contributed by atoms with E-state index in [1.807, 2.05) is 18.2 Å². The van der Waals surface area contributed by atoms with Gasteiger partial charge in [-0.1, -0.05) is 11.6 Å². The highest BCUT2D eigenvalue weighted by Gasteiger charge is 2.27. The summed E-state index contributed by atoms with van der Waals surface area (Å²) in [7, 11) is 0. The number of piperidine rings is 1. The van der Waals surface area contributed by atoms with Gasteiger partial charge >= 0.3 is 12.0 Å². The van der Waals surface area contributed by atoms with Crippen LogP contribution < -0.4 is 10.2 Å². The van der Waals surface area contributed by atoms with Crippen molar-refractivity contribution in [1.29, 1.82) is 0 Å². The Bertz CT molecular complexity index is 656. The second-order valence-corrected chi connectivity index (χ2v) is 7.07. The van der Waals surface area contributed by atoms with Gasteiger partial charge in [-0.15, -0.1) is 0 Å². The SMILES string of the molecule is O=C(O)C1CCN(C(=O)NCc2cc(Cl)ccc2N2CCOCC2)CC1. The van der Waals surface area contributed by atoms with E-state index in [2.05, 4.69) is 10.2 Å². The van der Waals surface area contributed by atoms with Crippen molar-refractivity contribution in [2.45, 2.75) is 19.4 Å². The number of hydrogen-bond donors (Lipinski definition) is 2. The highest BCUT2D eigenvalue weighted by molar-refractivity contribution is 6.30. The largest absolute Gasteiger partial charge is 0.481 e. The highest BCUT2D eigenvalue weighted by atomic mass is 35.5. The fraction of sp³-hybridized carbons (Fsp3) is 0.556. The maximum atomic E-state index is 12.4. The Balaban J connectivity index is 1.59. The zero-order valence-electron chi connectivity index (χ0n) is 14.6. The summed E-state index contributed by atoms with van der Waals surface area (Å²) in [6.45, 7) is 4.31. The normalized spacial score (nSPS) is 18.7. The van der Waals surface area contributed by atoms with E-state index in [4.69, 9.17) is 21.4 Å². The minimum Gasteiger partial charge on any atom is -0.481 e. The molecule has 2 fully saturated rings. The molecule has 0 saturated carbocycles. The standard InChI is InChI=1S/C18H24ClN3O4/c19-15-1-2-16(21-7-9-26-10-8-21)14(11-15)12-20-18(25)22-5-3-13(4-6-22)17(23)24/h1-2,11,13H,3-10,12H2,(H,20,25)(H,23,24). The van der Waals surface area contributed by atoms with Crippen LogP contribution in [0.3, 0.4) is 0 Å². The predicted octanol–water partition coefficient (Wildman–Crippen LogP) is 2.18. The van der Waals surface area contributed by atoms with Gasteiger partial charge in [-0.2, -0.15) is 0 Å². The van der Waals surface area contributed by atoms with Crippen LogP contribution in [0.15, 0.2) is 18.2 Å². The predicted molar refractivity (Wildman–Crippen MR) is 98.7 cm³/mol. The van der Waals surface area contributed by atoms with Gasteiger partial charge in [0, 0.05) is 43.4 Å². The molecule has 0 bridgehead atoms. The molecule has 2 N–H and O–H groups in total. The number of carboxylic acid groups (broad SMARTS) is 1. The molecule has 142 valence electrons. The first-order valence-electron chi connectivity index (χ1n) is 8.91. The van der Waals surface area contributed by atoms with Crippen molar-refractivity contribution in [3.05, 3.63) is 28.8 Å². The number of aliphatic carboxylic acids is 1. The van der Waals surface area contributed by atoms with Gasteiger partial charge < -0.3 is 25.0 Å². The van der Waals surface area contributed by atoms with E-state index < -0.39 is 5.97 Å². The number of amides is 2. The number of rotatable bonds is 4. The van der Waals surface area contributed by atoms with Gasteiger partial charge in [0.25, 0.3) is 0 Å². The van der Waals surface area contributed by atoms with E-state index >= 15 is 0 Å². The first-order valence-corrected chi connectivity index (χ1v) is 9.29. The molecule has 2 aliphatic heterocycles. The topological polar surface area (TPSA) is 82.1 Å². The highest BCUT2D eigenvalue weighted by Crippen LogP contribution is 2.25. The molecule has 0 aromatic heterocycles. The molecule has 2 aliphatic rings. The average molecular weight is 382 g/mol. The molecule has 8 heteroatoms. The number of ether oxygens (including phenoxy) is 1. The molecule has 1 aromatic rings. The number of likely N-dealkylation sites (tertiary alicyclic amines) is 1. The van der Waals surface area contributed by atoms with Crippen LogP contribution in [0, 0.1) is 5.92 Å². The van der Waals surface area contributed by atoms with Crippen molar-refractivity contribution in [3.63, 3.8) is 0 Å². The number of halogens is 1. The van der Waals surface area contributed by atoms with Gasteiger partial charge in [0.1, 0.15) is 0 Å². The van der Waals surface area contributed by atoms with Gasteiger partial charge in [-0.3, -0.25) is 4.79 Å². The van der Waals surface area contributed by atoms with E-state index in [0.717, 1.165) is 24.3 Å². The molecule has 2 heterocycles. The number of carbonyl (C=O) groups excluding carboxylic acids is 1. The Morgan fingerprint density at radius 2 is 1.88 bits per heavy atom. The van der Waals surface area contributed by atoms with Crippen LogP contribution in [-0.2, 0) is 16.1 Å². The number of morpholine rings is 1. The Hall–Kier alpha value is -1.99. The van der Waals surface area contributed by atoms with Crippen LogP contribution in [0.25, 0.3) is 0 Å². The van der Waals surface area contributed by atoms with Crippen molar-refractivity contribution in [2.24, 2.45) is 5.92 Å². The summed E-state index contributed by atoms with van der Waals surface area (Å²) in [5, 5.41) is 12.6. The maximum absolute atomic E-state index is 12.4. The Morgan fingerprint density at radius 3 is 2.54 bits per heavy atom. The first-order chi connectivity index (χ1) is 12.5. The third kappa shape index (κ3) is 4.59. The third-order valence-corrected chi connectivity index (χ3v) is 5.19. The number of carboxylic acids is 1. The van der Waals surface area contributed by atoms with Crippen molar-refractivity contribution in [1.82, 2.24) is 10.2 Å². The first kappa shape index (κ1) is 18.8. The van der Waals surface area contributed by atoms with Crippen molar-refractivity contribution < 1.29 is 19.4 Å². The molecule has 7 nitrogen and oxygen atoms in total. The number of urea groups is 1. The molecule has 0 unspecified atom stereocenters. The van der Waals surface area contributed by atoms with E-state index in [9.17, 15) is 9.59 Å². The molecule has 3 rings (SSSR count). The van der Waals surface area contributed by atoms with Gasteiger partial charge in [-0.25, -0.2) is 4.79 Å². The van der Waals surface area contributed by atoms with E-state index in [0.29, 0.717) is 50.7 Å². The van der Waals surface area contributed by atoms with Crippen LogP contribution >= 0.6 is 11.6 Å². The second kappa shape index (κ2) is 8.60. The summed E-state index contributed by atoms with van der Waals surface area (Å²) in [4.78, 5) is 27.4.